The lowest BCUT2D eigenvalue weighted by Crippen LogP contribution is -2.67. The Balaban J connectivity index is 1.43. The number of likely N-dealkylation sites (tertiary alicyclic amines) is 1. The number of rotatable bonds is 7. The van der Waals surface area contributed by atoms with Crippen LogP contribution in [-0.4, -0.2) is 46.3 Å². The van der Waals surface area contributed by atoms with Gasteiger partial charge in [-0.15, -0.1) is 0 Å². The molecule has 1 saturated heterocycles. The van der Waals surface area contributed by atoms with Crippen LogP contribution in [0.5, 0.6) is 5.75 Å². The van der Waals surface area contributed by atoms with Crippen molar-refractivity contribution in [2.24, 2.45) is 0 Å². The summed E-state index contributed by atoms with van der Waals surface area (Å²) in [6.07, 6.45) is 0. The molecule has 10 heteroatoms. The number of hydrogen-bond acceptors (Lipinski definition) is 5. The smallest absolute Gasteiger partial charge is 0.256 e. The highest BCUT2D eigenvalue weighted by atomic mass is 127. The number of phenols is 1. The topological polar surface area (TPSA) is 84.8 Å². The van der Waals surface area contributed by atoms with Gasteiger partial charge in [0.2, 0.25) is 0 Å². The van der Waals surface area contributed by atoms with Crippen LogP contribution in [0.3, 0.4) is 0 Å². The second-order valence-electron chi connectivity index (χ2n) is 8.19. The molecular weight excluding hydrogens is 562 g/mol. The largest absolute Gasteiger partial charge is 0.508 e. The van der Waals surface area contributed by atoms with Crippen molar-refractivity contribution in [1.29, 1.82) is 0 Å². The maximum absolute atomic E-state index is 14.6. The molecule has 0 atom stereocenters. The van der Waals surface area contributed by atoms with E-state index in [1.54, 1.807) is 24.3 Å². The molecule has 1 heterocycles. The van der Waals surface area contributed by atoms with Crippen LogP contribution >= 0.6 is 22.6 Å². The Morgan fingerprint density at radius 1 is 1.06 bits per heavy atom. The Hall–Kier alpha value is -2.83. The quantitative estimate of drug-likeness (QED) is 0.315. The molecule has 1 aliphatic heterocycles. The summed E-state index contributed by atoms with van der Waals surface area (Å²) < 4.78 is 43.4. The summed E-state index contributed by atoms with van der Waals surface area (Å²) in [7, 11) is 0. The predicted molar refractivity (Wildman–Crippen MR) is 129 cm³/mol. The summed E-state index contributed by atoms with van der Waals surface area (Å²) in [5, 5.41) is 25.8. The summed E-state index contributed by atoms with van der Waals surface area (Å²) in [6.45, 7) is 0.553. The van der Waals surface area contributed by atoms with Gasteiger partial charge in [0.05, 0.1) is 30.0 Å². The maximum Gasteiger partial charge on any atom is 0.256 e. The summed E-state index contributed by atoms with van der Waals surface area (Å²) in [6, 6.07) is 12.8. The van der Waals surface area contributed by atoms with Gasteiger partial charge in [0.1, 0.15) is 17.2 Å². The molecule has 0 unspecified atom stereocenters. The molecular formula is C24H21F3IN3O3. The van der Waals surface area contributed by atoms with E-state index < -0.39 is 34.6 Å². The first-order valence-electron chi connectivity index (χ1n) is 10.4. The van der Waals surface area contributed by atoms with Gasteiger partial charge in [-0.3, -0.25) is 4.79 Å². The molecule has 0 saturated carbocycles. The molecule has 4 rings (SSSR count). The zero-order valence-electron chi connectivity index (χ0n) is 17.8. The first kappa shape index (κ1) is 24.3. The molecule has 3 aromatic rings. The Morgan fingerprint density at radius 3 is 2.53 bits per heavy atom. The molecule has 6 nitrogen and oxygen atoms in total. The zero-order chi connectivity index (χ0) is 24.5. The van der Waals surface area contributed by atoms with Crippen LogP contribution in [0.4, 0.5) is 24.5 Å². The first-order valence-corrected chi connectivity index (χ1v) is 11.4. The second kappa shape index (κ2) is 9.80. The minimum Gasteiger partial charge on any atom is -0.508 e. The van der Waals surface area contributed by atoms with Crippen molar-refractivity contribution in [1.82, 2.24) is 10.2 Å². The zero-order valence-corrected chi connectivity index (χ0v) is 19.9. The normalized spacial score (nSPS) is 14.6. The van der Waals surface area contributed by atoms with Gasteiger partial charge in [-0.25, -0.2) is 13.2 Å². The van der Waals surface area contributed by atoms with E-state index in [-0.39, 0.29) is 36.6 Å². The molecule has 3 aromatic carbocycles. The van der Waals surface area contributed by atoms with Gasteiger partial charge in [-0.1, -0.05) is 12.1 Å². The fraction of sp³-hybridized carbons (Fsp3) is 0.208. The Kier molecular flexibility index (Phi) is 7.01. The third-order valence-corrected chi connectivity index (χ3v) is 6.14. The maximum atomic E-state index is 14.6. The van der Waals surface area contributed by atoms with E-state index in [4.69, 9.17) is 0 Å². The number of aliphatic hydroxyl groups is 1. The number of β-amino-alcohol motifs (C(OH)–C–C–N with tert-alkyl or cyclic N) is 1. The monoisotopic (exact) mass is 583 g/mol. The van der Waals surface area contributed by atoms with Gasteiger partial charge in [0.15, 0.2) is 11.6 Å². The number of aromatic hydroxyl groups is 1. The van der Waals surface area contributed by atoms with E-state index >= 15 is 0 Å². The van der Waals surface area contributed by atoms with Gasteiger partial charge in [-0.2, -0.15) is 0 Å². The standard InChI is InChI=1S/C24H21F3IN3O3/c25-18-6-5-17(22(21(18)27)30-20-7-4-15(28)9-19(20)26)23(33)31-12-24(34,13-31)11-29-10-14-2-1-3-16(32)8-14/h1-9,29-30,32,34H,10-13H2. The number of carbonyl (C=O) groups is 1. The number of anilines is 2. The predicted octanol–water partition coefficient (Wildman–Crippen LogP) is 4.13. The van der Waals surface area contributed by atoms with E-state index in [9.17, 15) is 28.2 Å². The molecule has 0 aromatic heterocycles. The minimum absolute atomic E-state index is 0.0186. The van der Waals surface area contributed by atoms with E-state index in [1.165, 1.54) is 17.0 Å². The molecule has 0 aliphatic carbocycles. The second-order valence-corrected chi connectivity index (χ2v) is 9.44. The number of halogens is 4. The molecule has 34 heavy (non-hydrogen) atoms. The molecule has 4 N–H and O–H groups in total. The first-order chi connectivity index (χ1) is 16.1. The van der Waals surface area contributed by atoms with Gasteiger partial charge in [0, 0.05) is 16.7 Å². The number of benzene rings is 3. The fourth-order valence-electron chi connectivity index (χ4n) is 3.77. The number of phenolic OH excluding ortho intramolecular Hbond substituents is 1. The molecule has 0 spiro atoms. The van der Waals surface area contributed by atoms with Crippen LogP contribution in [0.15, 0.2) is 54.6 Å². The van der Waals surface area contributed by atoms with E-state index in [0.29, 0.717) is 10.1 Å². The molecule has 1 amide bonds. The average molecular weight is 583 g/mol. The van der Waals surface area contributed by atoms with Crippen LogP contribution in [0, 0.1) is 21.0 Å². The van der Waals surface area contributed by atoms with Crippen LogP contribution in [0.25, 0.3) is 0 Å². The molecule has 178 valence electrons. The Morgan fingerprint density at radius 2 is 1.82 bits per heavy atom. The van der Waals surface area contributed by atoms with Crippen molar-refractivity contribution < 1.29 is 28.2 Å². The third kappa shape index (κ3) is 5.29. The van der Waals surface area contributed by atoms with Crippen LogP contribution in [-0.2, 0) is 6.54 Å². The number of amides is 1. The molecule has 0 radical (unpaired) electrons. The number of hydrogen-bond donors (Lipinski definition) is 4. The number of nitrogens with zero attached hydrogens (tertiary/aromatic N) is 1. The highest BCUT2D eigenvalue weighted by Gasteiger charge is 2.44. The van der Waals surface area contributed by atoms with Crippen molar-refractivity contribution in [3.8, 4) is 5.75 Å². The van der Waals surface area contributed by atoms with E-state index in [1.807, 2.05) is 28.7 Å². The van der Waals surface area contributed by atoms with E-state index in [0.717, 1.165) is 17.7 Å². The number of nitrogens with one attached hydrogen (secondary N) is 2. The highest BCUT2D eigenvalue weighted by Crippen LogP contribution is 2.31. The Bertz CT molecular complexity index is 1240. The van der Waals surface area contributed by atoms with Crippen molar-refractivity contribution in [2.75, 3.05) is 25.0 Å². The summed E-state index contributed by atoms with van der Waals surface area (Å²) >= 11 is 1.92. The van der Waals surface area contributed by atoms with E-state index in [2.05, 4.69) is 10.6 Å². The lowest BCUT2D eigenvalue weighted by atomic mass is 9.92. The van der Waals surface area contributed by atoms with Crippen LogP contribution in [0.1, 0.15) is 15.9 Å². The highest BCUT2D eigenvalue weighted by molar-refractivity contribution is 14.1. The SMILES string of the molecule is O=C(c1ccc(F)c(F)c1Nc1ccc(I)cc1F)N1CC(O)(CNCc2cccc(O)c2)C1. The Labute approximate surface area is 207 Å². The fourth-order valence-corrected chi connectivity index (χ4v) is 4.23. The number of carbonyl (C=O) groups excluding carboxylic acids is 1. The van der Waals surface area contributed by atoms with Crippen molar-refractivity contribution in [3.63, 3.8) is 0 Å². The average Bonchev–Trinajstić information content (AvgIpc) is 2.76. The van der Waals surface area contributed by atoms with Crippen molar-refractivity contribution >= 4 is 39.9 Å². The summed E-state index contributed by atoms with van der Waals surface area (Å²) in [5.74, 6) is -3.64. The van der Waals surface area contributed by atoms with Crippen LogP contribution < -0.4 is 10.6 Å². The van der Waals surface area contributed by atoms with Gasteiger partial charge in [-0.05, 0) is 70.6 Å². The third-order valence-electron chi connectivity index (χ3n) is 5.47. The summed E-state index contributed by atoms with van der Waals surface area (Å²) in [4.78, 5) is 14.3. The lowest BCUT2D eigenvalue weighted by Gasteiger charge is -2.46. The summed E-state index contributed by atoms with van der Waals surface area (Å²) in [5.41, 5.74) is -1.11. The van der Waals surface area contributed by atoms with Crippen molar-refractivity contribution in [3.05, 3.63) is 86.7 Å². The van der Waals surface area contributed by atoms with Gasteiger partial charge in [0.25, 0.3) is 5.91 Å². The van der Waals surface area contributed by atoms with Crippen molar-refractivity contribution in [2.45, 2.75) is 12.1 Å². The molecule has 1 fully saturated rings. The van der Waals surface area contributed by atoms with Crippen LogP contribution in [0.2, 0.25) is 0 Å². The van der Waals surface area contributed by atoms with Gasteiger partial charge >= 0.3 is 0 Å². The minimum atomic E-state index is -1.30. The van der Waals surface area contributed by atoms with Gasteiger partial charge < -0.3 is 25.7 Å². The lowest BCUT2D eigenvalue weighted by molar-refractivity contribution is -0.0787. The molecule has 1 aliphatic rings. The molecule has 0 bridgehead atoms.